The summed E-state index contributed by atoms with van der Waals surface area (Å²) >= 11 is 1.51. The third-order valence-electron chi connectivity index (χ3n) is 3.10. The van der Waals surface area contributed by atoms with E-state index < -0.39 is 0 Å². The zero-order valence-electron chi connectivity index (χ0n) is 10.4. The molecular weight excluding hydrogens is 262 g/mol. The lowest BCUT2D eigenvalue weighted by Crippen LogP contribution is -2.21. The van der Waals surface area contributed by atoms with Crippen molar-refractivity contribution in [3.05, 3.63) is 46.0 Å². The fraction of sp³-hybridized carbons (Fsp3) is 0.357. The lowest BCUT2D eigenvalue weighted by Gasteiger charge is -2.05. The SMILES string of the molecule is O=C(NCc1ccco1)c1ccc([C@@H]2CCCO2)s1. The Bertz CT molecular complexity index is 541. The van der Waals surface area contributed by atoms with Gasteiger partial charge in [-0.25, -0.2) is 0 Å². The average Bonchev–Trinajstić information content (AvgIpc) is 3.14. The fourth-order valence-electron chi connectivity index (χ4n) is 2.12. The highest BCUT2D eigenvalue weighted by molar-refractivity contribution is 7.14. The molecule has 1 fully saturated rings. The normalized spacial score (nSPS) is 18.6. The van der Waals surface area contributed by atoms with Gasteiger partial charge in [-0.05, 0) is 37.1 Å². The van der Waals surface area contributed by atoms with Crippen molar-refractivity contribution in [1.29, 1.82) is 0 Å². The molecule has 0 spiro atoms. The third kappa shape index (κ3) is 2.88. The Morgan fingerprint density at radius 2 is 2.37 bits per heavy atom. The average molecular weight is 277 g/mol. The molecule has 1 aliphatic heterocycles. The smallest absolute Gasteiger partial charge is 0.261 e. The molecule has 0 unspecified atom stereocenters. The molecule has 3 rings (SSSR count). The molecule has 0 radical (unpaired) electrons. The Morgan fingerprint density at radius 1 is 1.42 bits per heavy atom. The number of hydrogen-bond acceptors (Lipinski definition) is 4. The molecule has 1 amide bonds. The van der Waals surface area contributed by atoms with Gasteiger partial charge < -0.3 is 14.5 Å². The summed E-state index contributed by atoms with van der Waals surface area (Å²) in [6.45, 7) is 1.24. The van der Waals surface area contributed by atoms with E-state index in [0.29, 0.717) is 6.54 Å². The zero-order chi connectivity index (χ0) is 13.1. The van der Waals surface area contributed by atoms with Gasteiger partial charge in [-0.2, -0.15) is 0 Å². The van der Waals surface area contributed by atoms with Gasteiger partial charge in [-0.1, -0.05) is 0 Å². The molecule has 1 aliphatic rings. The van der Waals surface area contributed by atoms with Crippen LogP contribution in [0.1, 0.15) is 39.3 Å². The maximum Gasteiger partial charge on any atom is 0.261 e. The van der Waals surface area contributed by atoms with Crippen LogP contribution in [-0.2, 0) is 11.3 Å². The van der Waals surface area contributed by atoms with E-state index in [1.807, 2.05) is 24.3 Å². The van der Waals surface area contributed by atoms with Gasteiger partial charge in [0.05, 0.1) is 23.8 Å². The van der Waals surface area contributed by atoms with Crippen LogP contribution in [0.5, 0.6) is 0 Å². The largest absolute Gasteiger partial charge is 0.467 e. The van der Waals surface area contributed by atoms with Crippen molar-refractivity contribution in [2.24, 2.45) is 0 Å². The molecule has 0 bridgehead atoms. The molecule has 5 heteroatoms. The molecule has 0 aliphatic carbocycles. The first-order chi connectivity index (χ1) is 9.33. The first-order valence-electron chi connectivity index (χ1n) is 6.35. The predicted molar refractivity (Wildman–Crippen MR) is 72.1 cm³/mol. The molecule has 1 atom stereocenters. The zero-order valence-corrected chi connectivity index (χ0v) is 11.2. The Labute approximate surface area is 115 Å². The monoisotopic (exact) mass is 277 g/mol. The second-order valence-corrected chi connectivity index (χ2v) is 5.58. The fourth-order valence-corrected chi connectivity index (χ4v) is 3.13. The van der Waals surface area contributed by atoms with Crippen molar-refractivity contribution in [2.75, 3.05) is 6.61 Å². The minimum absolute atomic E-state index is 0.0642. The van der Waals surface area contributed by atoms with Gasteiger partial charge in [0.25, 0.3) is 5.91 Å². The van der Waals surface area contributed by atoms with Gasteiger partial charge in [-0.3, -0.25) is 4.79 Å². The summed E-state index contributed by atoms with van der Waals surface area (Å²) in [5.74, 6) is 0.690. The maximum atomic E-state index is 12.0. The number of thiophene rings is 1. The molecule has 0 aromatic carbocycles. The van der Waals surface area contributed by atoms with Crippen molar-refractivity contribution in [1.82, 2.24) is 5.32 Å². The summed E-state index contributed by atoms with van der Waals surface area (Å²) in [5, 5.41) is 2.84. The van der Waals surface area contributed by atoms with Crippen LogP contribution >= 0.6 is 11.3 Å². The van der Waals surface area contributed by atoms with E-state index in [0.717, 1.165) is 35.0 Å². The van der Waals surface area contributed by atoms with Gasteiger partial charge in [0.15, 0.2) is 0 Å². The highest BCUT2D eigenvalue weighted by atomic mass is 32.1. The van der Waals surface area contributed by atoms with E-state index in [9.17, 15) is 4.79 Å². The molecule has 1 saturated heterocycles. The number of hydrogen-bond donors (Lipinski definition) is 1. The number of carbonyl (C=O) groups excluding carboxylic acids is 1. The molecule has 4 nitrogen and oxygen atoms in total. The summed E-state index contributed by atoms with van der Waals surface area (Å²) < 4.78 is 10.8. The van der Waals surface area contributed by atoms with Crippen LogP contribution in [0.3, 0.4) is 0 Å². The Balaban J connectivity index is 1.60. The predicted octanol–water partition coefficient (Wildman–Crippen LogP) is 3.12. The molecule has 100 valence electrons. The van der Waals surface area contributed by atoms with Crippen molar-refractivity contribution in [3.63, 3.8) is 0 Å². The molecule has 2 aromatic rings. The van der Waals surface area contributed by atoms with E-state index >= 15 is 0 Å². The van der Waals surface area contributed by atoms with Crippen LogP contribution in [0, 0.1) is 0 Å². The van der Waals surface area contributed by atoms with Crippen molar-refractivity contribution >= 4 is 17.2 Å². The molecule has 19 heavy (non-hydrogen) atoms. The van der Waals surface area contributed by atoms with E-state index in [4.69, 9.17) is 9.15 Å². The molecule has 3 heterocycles. The minimum Gasteiger partial charge on any atom is -0.467 e. The second kappa shape index (κ2) is 5.59. The van der Waals surface area contributed by atoms with Crippen LogP contribution in [0.25, 0.3) is 0 Å². The number of ether oxygens (including phenoxy) is 1. The summed E-state index contributed by atoms with van der Waals surface area (Å²) in [4.78, 5) is 13.8. The highest BCUT2D eigenvalue weighted by Gasteiger charge is 2.20. The van der Waals surface area contributed by atoms with Crippen molar-refractivity contribution in [3.8, 4) is 0 Å². The quantitative estimate of drug-likeness (QED) is 0.934. The van der Waals surface area contributed by atoms with E-state index in [1.54, 1.807) is 6.26 Å². The lowest BCUT2D eigenvalue weighted by molar-refractivity contribution is 0.0952. The van der Waals surface area contributed by atoms with Gasteiger partial charge in [0.1, 0.15) is 5.76 Å². The topological polar surface area (TPSA) is 51.5 Å². The maximum absolute atomic E-state index is 12.0. The summed E-state index contributed by atoms with van der Waals surface area (Å²) in [7, 11) is 0. The lowest BCUT2D eigenvalue weighted by atomic mass is 10.2. The van der Waals surface area contributed by atoms with Gasteiger partial charge >= 0.3 is 0 Å². The second-order valence-electron chi connectivity index (χ2n) is 4.47. The minimum atomic E-state index is -0.0642. The summed E-state index contributed by atoms with van der Waals surface area (Å²) in [6, 6.07) is 7.50. The highest BCUT2D eigenvalue weighted by Crippen LogP contribution is 2.33. The first-order valence-corrected chi connectivity index (χ1v) is 7.16. The van der Waals surface area contributed by atoms with Gasteiger partial charge in [0, 0.05) is 11.5 Å². The van der Waals surface area contributed by atoms with Crippen molar-refractivity contribution < 1.29 is 13.9 Å². The third-order valence-corrected chi connectivity index (χ3v) is 4.28. The van der Waals surface area contributed by atoms with Crippen LogP contribution in [0.15, 0.2) is 34.9 Å². The number of furan rings is 1. The van der Waals surface area contributed by atoms with Crippen LogP contribution in [-0.4, -0.2) is 12.5 Å². The van der Waals surface area contributed by atoms with E-state index in [2.05, 4.69) is 5.32 Å². The Morgan fingerprint density at radius 3 is 3.11 bits per heavy atom. The Kier molecular flexibility index (Phi) is 3.66. The standard InChI is InChI=1S/C14H15NO3S/c16-14(15-9-10-3-1-7-17-10)13-6-5-12(19-13)11-4-2-8-18-11/h1,3,5-7,11H,2,4,8-9H2,(H,15,16)/t11-/m0/s1. The van der Waals surface area contributed by atoms with Crippen LogP contribution in [0.4, 0.5) is 0 Å². The molecule has 2 aromatic heterocycles. The van der Waals surface area contributed by atoms with Crippen molar-refractivity contribution in [2.45, 2.75) is 25.5 Å². The first kappa shape index (κ1) is 12.4. The molecule has 1 N–H and O–H groups in total. The summed E-state index contributed by atoms with van der Waals surface area (Å²) in [5.41, 5.74) is 0. The Hall–Kier alpha value is -1.59. The van der Waals surface area contributed by atoms with Gasteiger partial charge in [-0.15, -0.1) is 11.3 Å². The molecular formula is C14H15NO3S. The number of rotatable bonds is 4. The number of nitrogens with one attached hydrogen (secondary N) is 1. The number of amides is 1. The van der Waals surface area contributed by atoms with E-state index in [-0.39, 0.29) is 12.0 Å². The van der Waals surface area contributed by atoms with Gasteiger partial charge in [0.2, 0.25) is 0 Å². The van der Waals surface area contributed by atoms with Crippen LogP contribution in [0.2, 0.25) is 0 Å². The van der Waals surface area contributed by atoms with E-state index in [1.165, 1.54) is 11.3 Å². The summed E-state index contributed by atoms with van der Waals surface area (Å²) in [6.07, 6.45) is 3.93. The van der Waals surface area contributed by atoms with Crippen LogP contribution < -0.4 is 5.32 Å². The molecule has 0 saturated carbocycles. The number of carbonyl (C=O) groups is 1.